The largest absolute Gasteiger partial charge is 0.349 e. The van der Waals surface area contributed by atoms with Crippen LogP contribution in [-0.4, -0.2) is 11.7 Å². The van der Waals surface area contributed by atoms with Crippen molar-refractivity contribution in [2.75, 3.05) is 10.2 Å². The number of nitrogens with one attached hydrogen (secondary N) is 1. The number of amides is 1. The first kappa shape index (κ1) is 17.1. The fourth-order valence-electron chi connectivity index (χ4n) is 3.54. The highest BCUT2D eigenvalue weighted by Gasteiger charge is 2.59. The number of amidine groups is 1. The van der Waals surface area contributed by atoms with E-state index in [1.54, 1.807) is 29.2 Å². The summed E-state index contributed by atoms with van der Waals surface area (Å²) in [5.41, 5.74) is 1.46. The normalized spacial score (nSPS) is 20.0. The number of fused-ring (bicyclic) bond motifs is 2. The van der Waals surface area contributed by atoms with Crippen LogP contribution in [0.2, 0.25) is 10.0 Å². The zero-order valence-electron chi connectivity index (χ0n) is 14.4. The molecule has 2 heterocycles. The summed E-state index contributed by atoms with van der Waals surface area (Å²) in [6, 6.07) is 21.8. The monoisotopic (exact) mass is 409 g/mol. The van der Waals surface area contributed by atoms with Crippen LogP contribution in [0.25, 0.3) is 0 Å². The Bertz CT molecular complexity index is 1110. The Morgan fingerprint density at radius 3 is 2.25 bits per heavy atom. The van der Waals surface area contributed by atoms with Gasteiger partial charge in [-0.05, 0) is 54.6 Å². The first-order chi connectivity index (χ1) is 13.6. The minimum atomic E-state index is -1.43. The summed E-state index contributed by atoms with van der Waals surface area (Å²) in [7, 11) is 0. The van der Waals surface area contributed by atoms with E-state index in [9.17, 15) is 4.79 Å². The van der Waals surface area contributed by atoms with E-state index >= 15 is 0 Å². The number of para-hydroxylation sites is 1. The van der Waals surface area contributed by atoms with Crippen molar-refractivity contribution in [2.45, 2.75) is 5.72 Å². The van der Waals surface area contributed by atoms with Gasteiger partial charge in [0.15, 0.2) is 5.84 Å². The van der Waals surface area contributed by atoms with Crippen LogP contribution in [0.1, 0.15) is 11.1 Å². The van der Waals surface area contributed by atoms with E-state index in [4.69, 9.17) is 28.0 Å². The Kier molecular flexibility index (Phi) is 3.82. The molecule has 7 heteroatoms. The standard InChI is InChI=1S/C21H13Cl2N3O2/c22-14-7-5-13(6-8-14)19-25-28-21(26(19)16-11-9-15(23)10-12-16)17-3-1-2-4-18(17)24-20(21)27/h1-12H,(H,24,27)/t21-/m0/s1. The van der Waals surface area contributed by atoms with Crippen LogP contribution in [-0.2, 0) is 15.4 Å². The van der Waals surface area contributed by atoms with Crippen LogP contribution in [0.4, 0.5) is 11.4 Å². The molecule has 3 aromatic carbocycles. The van der Waals surface area contributed by atoms with E-state index in [1.165, 1.54) is 0 Å². The smallest absolute Gasteiger partial charge is 0.322 e. The molecule has 138 valence electrons. The number of anilines is 2. The molecule has 5 nitrogen and oxygen atoms in total. The Hall–Kier alpha value is -3.02. The topological polar surface area (TPSA) is 53.9 Å². The van der Waals surface area contributed by atoms with E-state index in [-0.39, 0.29) is 5.91 Å². The summed E-state index contributed by atoms with van der Waals surface area (Å²) in [4.78, 5) is 20.8. The van der Waals surface area contributed by atoms with E-state index in [0.29, 0.717) is 27.1 Å². The summed E-state index contributed by atoms with van der Waals surface area (Å²) in [6.07, 6.45) is 0. The lowest BCUT2D eigenvalue weighted by Gasteiger charge is -2.32. The van der Waals surface area contributed by atoms with Gasteiger partial charge in [-0.25, -0.2) is 0 Å². The van der Waals surface area contributed by atoms with Crippen molar-refractivity contribution in [3.05, 3.63) is 94.0 Å². The Balaban J connectivity index is 1.72. The Labute approximate surface area is 171 Å². The molecule has 0 radical (unpaired) electrons. The van der Waals surface area contributed by atoms with Gasteiger partial charge in [-0.3, -0.25) is 9.69 Å². The molecule has 0 bridgehead atoms. The number of rotatable bonds is 2. The van der Waals surface area contributed by atoms with Crippen molar-refractivity contribution < 1.29 is 9.63 Å². The summed E-state index contributed by atoms with van der Waals surface area (Å²) in [5, 5.41) is 8.41. The third kappa shape index (κ3) is 2.40. The summed E-state index contributed by atoms with van der Waals surface area (Å²) < 4.78 is 0. The van der Waals surface area contributed by atoms with Crippen LogP contribution in [0, 0.1) is 0 Å². The summed E-state index contributed by atoms with van der Waals surface area (Å²) in [6.45, 7) is 0. The molecule has 0 saturated carbocycles. The maximum Gasteiger partial charge on any atom is 0.322 e. The van der Waals surface area contributed by atoms with Gasteiger partial charge in [-0.1, -0.05) is 46.6 Å². The quantitative estimate of drug-likeness (QED) is 0.647. The fourth-order valence-corrected chi connectivity index (χ4v) is 3.80. The minimum absolute atomic E-state index is 0.309. The number of nitrogens with zero attached hydrogens (tertiary/aromatic N) is 2. The number of halogens is 2. The van der Waals surface area contributed by atoms with Crippen molar-refractivity contribution in [3.63, 3.8) is 0 Å². The number of benzene rings is 3. The highest BCUT2D eigenvalue weighted by Crippen LogP contribution is 2.47. The highest BCUT2D eigenvalue weighted by molar-refractivity contribution is 6.31. The lowest BCUT2D eigenvalue weighted by atomic mass is 10.00. The van der Waals surface area contributed by atoms with Crippen LogP contribution < -0.4 is 10.2 Å². The van der Waals surface area contributed by atoms with Crippen LogP contribution in [0.5, 0.6) is 0 Å². The zero-order chi connectivity index (χ0) is 19.3. The molecule has 0 aromatic heterocycles. The van der Waals surface area contributed by atoms with Gasteiger partial charge in [0, 0.05) is 21.3 Å². The third-order valence-corrected chi connectivity index (χ3v) is 5.33. The second-order valence-electron chi connectivity index (χ2n) is 6.47. The molecule has 1 N–H and O–H groups in total. The van der Waals surface area contributed by atoms with Gasteiger partial charge in [-0.2, -0.15) is 0 Å². The van der Waals surface area contributed by atoms with Gasteiger partial charge in [0.25, 0.3) is 5.91 Å². The van der Waals surface area contributed by atoms with E-state index < -0.39 is 5.72 Å². The molecule has 0 aliphatic carbocycles. The van der Waals surface area contributed by atoms with Crippen LogP contribution in [0.15, 0.2) is 78.0 Å². The molecule has 5 rings (SSSR count). The van der Waals surface area contributed by atoms with Crippen molar-refractivity contribution in [2.24, 2.45) is 5.16 Å². The van der Waals surface area contributed by atoms with Crippen LogP contribution in [0.3, 0.4) is 0 Å². The van der Waals surface area contributed by atoms with Gasteiger partial charge >= 0.3 is 5.72 Å². The minimum Gasteiger partial charge on any atom is -0.349 e. The highest BCUT2D eigenvalue weighted by atomic mass is 35.5. The number of hydrogen-bond acceptors (Lipinski definition) is 4. The molecule has 1 atom stereocenters. The Morgan fingerprint density at radius 2 is 1.54 bits per heavy atom. The number of hydrogen-bond donors (Lipinski definition) is 1. The lowest BCUT2D eigenvalue weighted by molar-refractivity contribution is -0.137. The second kappa shape index (κ2) is 6.26. The third-order valence-electron chi connectivity index (χ3n) is 4.83. The predicted molar refractivity (Wildman–Crippen MR) is 110 cm³/mol. The van der Waals surface area contributed by atoms with Crippen molar-refractivity contribution in [3.8, 4) is 0 Å². The average molecular weight is 410 g/mol. The molecule has 2 aliphatic heterocycles. The van der Waals surface area contributed by atoms with Crippen molar-refractivity contribution in [1.29, 1.82) is 0 Å². The van der Waals surface area contributed by atoms with Gasteiger partial charge < -0.3 is 10.2 Å². The predicted octanol–water partition coefficient (Wildman–Crippen LogP) is 5.00. The molecule has 0 unspecified atom stereocenters. The maximum absolute atomic E-state index is 13.1. The number of oxime groups is 1. The van der Waals surface area contributed by atoms with Gasteiger partial charge in [0.1, 0.15) is 0 Å². The molecular formula is C21H13Cl2N3O2. The lowest BCUT2D eigenvalue weighted by Crippen LogP contribution is -2.51. The molecule has 0 fully saturated rings. The van der Waals surface area contributed by atoms with Crippen molar-refractivity contribution >= 4 is 46.3 Å². The SMILES string of the molecule is O=C1Nc2ccccc2[C@]12ON=C(c1ccc(Cl)cc1)N2c1ccc(Cl)cc1. The molecule has 1 spiro atoms. The van der Waals surface area contributed by atoms with E-state index in [0.717, 1.165) is 11.3 Å². The molecule has 0 saturated heterocycles. The summed E-state index contributed by atoms with van der Waals surface area (Å²) >= 11 is 12.1. The van der Waals surface area contributed by atoms with E-state index in [2.05, 4.69) is 10.5 Å². The number of carbonyl (C=O) groups is 1. The zero-order valence-corrected chi connectivity index (χ0v) is 15.9. The van der Waals surface area contributed by atoms with Crippen molar-refractivity contribution in [1.82, 2.24) is 0 Å². The molecule has 28 heavy (non-hydrogen) atoms. The van der Waals surface area contributed by atoms with Gasteiger partial charge in [0.2, 0.25) is 0 Å². The fraction of sp³-hybridized carbons (Fsp3) is 0.0476. The molecular weight excluding hydrogens is 397 g/mol. The average Bonchev–Trinajstić information content (AvgIpc) is 3.23. The van der Waals surface area contributed by atoms with Crippen LogP contribution >= 0.6 is 23.2 Å². The molecule has 3 aromatic rings. The Morgan fingerprint density at radius 1 is 0.893 bits per heavy atom. The first-order valence-corrected chi connectivity index (χ1v) is 9.34. The molecule has 1 amide bonds. The van der Waals surface area contributed by atoms with E-state index in [1.807, 2.05) is 48.5 Å². The van der Waals surface area contributed by atoms with Gasteiger partial charge in [-0.15, -0.1) is 0 Å². The number of carbonyl (C=O) groups excluding carboxylic acids is 1. The molecule has 2 aliphatic rings. The first-order valence-electron chi connectivity index (χ1n) is 8.58. The summed E-state index contributed by atoms with van der Waals surface area (Å²) in [5.74, 6) is 0.196. The second-order valence-corrected chi connectivity index (χ2v) is 7.34. The maximum atomic E-state index is 13.1. The van der Waals surface area contributed by atoms with Gasteiger partial charge in [0.05, 0.1) is 11.3 Å².